The molecule has 1 aromatic heterocycles. The molecule has 1 saturated heterocycles. The number of methoxy groups -OCH3 is 2. The number of carbonyl (C=O) groups excluding carboxylic acids is 1. The summed E-state index contributed by atoms with van der Waals surface area (Å²) >= 11 is 1.74. The van der Waals surface area contributed by atoms with Gasteiger partial charge in [0.15, 0.2) is 17.3 Å². The first-order valence-corrected chi connectivity index (χ1v) is 10.3. The number of nitrogens with zero attached hydrogens (tertiary/aromatic N) is 2. The third-order valence-corrected chi connectivity index (χ3v) is 6.26. The maximum absolute atomic E-state index is 13.1. The van der Waals surface area contributed by atoms with Crippen LogP contribution in [-0.4, -0.2) is 43.0 Å². The van der Waals surface area contributed by atoms with Crippen molar-refractivity contribution in [2.45, 2.75) is 19.4 Å². The van der Waals surface area contributed by atoms with Crippen LogP contribution in [-0.2, 0) is 6.54 Å². The topological polar surface area (TPSA) is 51.7 Å². The summed E-state index contributed by atoms with van der Waals surface area (Å²) in [7, 11) is 3.19. The van der Waals surface area contributed by atoms with Crippen molar-refractivity contribution in [3.8, 4) is 11.5 Å². The maximum atomic E-state index is 13.1. The molecule has 3 aromatic rings. The number of hydrogen-bond acceptors (Lipinski definition) is 6. The molecular weight excluding hydrogens is 372 g/mol. The van der Waals surface area contributed by atoms with Gasteiger partial charge in [-0.05, 0) is 49.7 Å². The van der Waals surface area contributed by atoms with Gasteiger partial charge in [-0.1, -0.05) is 12.1 Å². The molecule has 2 heterocycles. The fourth-order valence-corrected chi connectivity index (χ4v) is 4.83. The van der Waals surface area contributed by atoms with Gasteiger partial charge in [0.05, 0.1) is 31.0 Å². The Bertz CT molecular complexity index is 952. The van der Waals surface area contributed by atoms with Crippen molar-refractivity contribution in [2.75, 3.05) is 27.3 Å². The van der Waals surface area contributed by atoms with Gasteiger partial charge in [-0.3, -0.25) is 9.69 Å². The number of likely N-dealkylation sites (tertiary alicyclic amines) is 1. The molecule has 146 valence electrons. The Morgan fingerprint density at radius 2 is 2.00 bits per heavy atom. The Labute approximate surface area is 168 Å². The van der Waals surface area contributed by atoms with Gasteiger partial charge in [0.25, 0.3) is 0 Å². The highest BCUT2D eigenvalue weighted by atomic mass is 32.1. The number of aromatic nitrogens is 1. The van der Waals surface area contributed by atoms with Crippen LogP contribution in [0, 0.1) is 5.92 Å². The molecule has 1 fully saturated rings. The Balaban J connectivity index is 1.46. The number of carbonyl (C=O) groups is 1. The molecule has 0 spiro atoms. The normalized spacial score (nSPS) is 17.6. The molecule has 1 aliphatic heterocycles. The fourth-order valence-electron chi connectivity index (χ4n) is 3.82. The smallest absolute Gasteiger partial charge is 0.167 e. The Hall–Kier alpha value is -2.44. The van der Waals surface area contributed by atoms with Crippen LogP contribution in [0.25, 0.3) is 10.2 Å². The van der Waals surface area contributed by atoms with E-state index >= 15 is 0 Å². The van der Waals surface area contributed by atoms with Gasteiger partial charge in [0.1, 0.15) is 5.01 Å². The number of benzene rings is 2. The first-order valence-electron chi connectivity index (χ1n) is 9.51. The van der Waals surface area contributed by atoms with Crippen molar-refractivity contribution in [2.24, 2.45) is 5.92 Å². The van der Waals surface area contributed by atoms with Crippen LogP contribution in [0.2, 0.25) is 0 Å². The van der Waals surface area contributed by atoms with Gasteiger partial charge in [-0.15, -0.1) is 11.3 Å². The molecule has 4 rings (SSSR count). The summed E-state index contributed by atoms with van der Waals surface area (Å²) in [6.07, 6.45) is 1.94. The van der Waals surface area contributed by atoms with E-state index in [1.807, 2.05) is 18.2 Å². The molecule has 5 nitrogen and oxygen atoms in total. The highest BCUT2D eigenvalue weighted by Crippen LogP contribution is 2.30. The summed E-state index contributed by atoms with van der Waals surface area (Å²) in [4.78, 5) is 20.2. The Kier molecular flexibility index (Phi) is 5.59. The number of rotatable bonds is 6. The zero-order chi connectivity index (χ0) is 19.5. The predicted octanol–water partition coefficient (Wildman–Crippen LogP) is 4.41. The van der Waals surface area contributed by atoms with Gasteiger partial charge in [-0.25, -0.2) is 4.98 Å². The predicted molar refractivity (Wildman–Crippen MR) is 111 cm³/mol. The average molecular weight is 397 g/mol. The first-order chi connectivity index (χ1) is 13.7. The van der Waals surface area contributed by atoms with Crippen LogP contribution in [0.4, 0.5) is 0 Å². The van der Waals surface area contributed by atoms with E-state index in [0.717, 1.165) is 43.0 Å². The van der Waals surface area contributed by atoms with E-state index in [1.54, 1.807) is 37.7 Å². The van der Waals surface area contributed by atoms with Gasteiger partial charge < -0.3 is 9.47 Å². The number of hydrogen-bond donors (Lipinski definition) is 0. The van der Waals surface area contributed by atoms with Gasteiger partial charge in [0.2, 0.25) is 0 Å². The Morgan fingerprint density at radius 3 is 2.79 bits per heavy atom. The molecule has 6 heteroatoms. The number of para-hydroxylation sites is 1. The zero-order valence-corrected chi connectivity index (χ0v) is 17.0. The summed E-state index contributed by atoms with van der Waals surface area (Å²) in [6, 6.07) is 13.6. The lowest BCUT2D eigenvalue weighted by atomic mass is 9.90. The second kappa shape index (κ2) is 8.29. The molecule has 0 bridgehead atoms. The minimum Gasteiger partial charge on any atom is -0.493 e. The van der Waals surface area contributed by atoms with Gasteiger partial charge in [-0.2, -0.15) is 0 Å². The molecule has 2 aromatic carbocycles. The van der Waals surface area contributed by atoms with Crippen LogP contribution in [0.5, 0.6) is 11.5 Å². The number of piperidine rings is 1. The first kappa shape index (κ1) is 18.9. The maximum Gasteiger partial charge on any atom is 0.167 e. The molecule has 28 heavy (non-hydrogen) atoms. The minimum atomic E-state index is 0.00114. The molecule has 0 N–H and O–H groups in total. The molecule has 0 amide bonds. The second-order valence-electron chi connectivity index (χ2n) is 7.08. The van der Waals surface area contributed by atoms with E-state index < -0.39 is 0 Å². The van der Waals surface area contributed by atoms with Crippen LogP contribution in [0.1, 0.15) is 28.2 Å². The van der Waals surface area contributed by atoms with Crippen molar-refractivity contribution in [3.63, 3.8) is 0 Å². The lowest BCUT2D eigenvalue weighted by Gasteiger charge is -2.31. The van der Waals surface area contributed by atoms with E-state index in [-0.39, 0.29) is 11.7 Å². The highest BCUT2D eigenvalue weighted by Gasteiger charge is 2.27. The number of ketones is 1. The summed E-state index contributed by atoms with van der Waals surface area (Å²) in [5.74, 6) is 1.41. The number of Topliss-reactive ketones (excluding diaryl/α,β-unsaturated/α-hetero) is 1. The van der Waals surface area contributed by atoms with Crippen molar-refractivity contribution >= 4 is 27.3 Å². The molecule has 0 radical (unpaired) electrons. The van der Waals surface area contributed by atoms with E-state index in [9.17, 15) is 4.79 Å². The molecule has 0 aliphatic carbocycles. The van der Waals surface area contributed by atoms with Crippen molar-refractivity contribution in [3.05, 3.63) is 53.0 Å². The molecular formula is C22H24N2O3S. The van der Waals surface area contributed by atoms with Crippen LogP contribution < -0.4 is 9.47 Å². The molecule has 1 atom stereocenters. The zero-order valence-electron chi connectivity index (χ0n) is 16.2. The summed E-state index contributed by atoms with van der Waals surface area (Å²) < 4.78 is 11.8. The van der Waals surface area contributed by atoms with Crippen molar-refractivity contribution in [1.29, 1.82) is 0 Å². The SMILES string of the molecule is COc1ccc(C(=O)C2CCCN(Cc3nc4ccccc4s3)C2)cc1OC. The van der Waals surface area contributed by atoms with Crippen molar-refractivity contribution < 1.29 is 14.3 Å². The van der Waals surface area contributed by atoms with E-state index in [2.05, 4.69) is 17.0 Å². The lowest BCUT2D eigenvalue weighted by molar-refractivity contribution is 0.0811. The Morgan fingerprint density at radius 1 is 1.18 bits per heavy atom. The van der Waals surface area contributed by atoms with E-state index in [1.165, 1.54) is 4.70 Å². The van der Waals surface area contributed by atoms with E-state index in [0.29, 0.717) is 17.1 Å². The summed E-state index contributed by atoms with van der Waals surface area (Å²) in [6.45, 7) is 2.57. The number of ether oxygens (including phenoxy) is 2. The monoisotopic (exact) mass is 396 g/mol. The van der Waals surface area contributed by atoms with Crippen LogP contribution in [0.3, 0.4) is 0 Å². The summed E-state index contributed by atoms with van der Waals surface area (Å²) in [5, 5.41) is 1.11. The lowest BCUT2D eigenvalue weighted by Crippen LogP contribution is -2.38. The fraction of sp³-hybridized carbons (Fsp3) is 0.364. The average Bonchev–Trinajstić information content (AvgIpc) is 3.15. The third kappa shape index (κ3) is 3.88. The molecule has 1 aliphatic rings. The highest BCUT2D eigenvalue weighted by molar-refractivity contribution is 7.18. The van der Waals surface area contributed by atoms with Crippen LogP contribution in [0.15, 0.2) is 42.5 Å². The standard InChI is InChI=1S/C22H24N2O3S/c1-26-18-10-9-15(12-19(18)27-2)22(25)16-6-5-11-24(13-16)14-21-23-17-7-3-4-8-20(17)28-21/h3-4,7-10,12,16H,5-6,11,13-14H2,1-2H3. The molecule has 1 unspecified atom stereocenters. The minimum absolute atomic E-state index is 0.00114. The van der Waals surface area contributed by atoms with Gasteiger partial charge in [0, 0.05) is 18.0 Å². The third-order valence-electron chi connectivity index (χ3n) is 5.24. The number of thiazole rings is 1. The van der Waals surface area contributed by atoms with Crippen molar-refractivity contribution in [1.82, 2.24) is 9.88 Å². The second-order valence-corrected chi connectivity index (χ2v) is 8.20. The number of fused-ring (bicyclic) bond motifs is 1. The molecule has 0 saturated carbocycles. The van der Waals surface area contributed by atoms with E-state index in [4.69, 9.17) is 14.5 Å². The van der Waals surface area contributed by atoms with Crippen LogP contribution >= 0.6 is 11.3 Å². The summed E-state index contributed by atoms with van der Waals surface area (Å²) in [5.41, 5.74) is 1.74. The quantitative estimate of drug-likeness (QED) is 0.578. The van der Waals surface area contributed by atoms with Gasteiger partial charge >= 0.3 is 0 Å². The largest absolute Gasteiger partial charge is 0.493 e.